The van der Waals surface area contributed by atoms with Crippen LogP contribution in [0.1, 0.15) is 11.1 Å². The molecule has 2 aromatic rings. The van der Waals surface area contributed by atoms with Crippen LogP contribution < -0.4 is 0 Å². The minimum absolute atomic E-state index is 0.917. The number of rotatable bonds is 1. The van der Waals surface area contributed by atoms with Crippen molar-refractivity contribution in [3.63, 3.8) is 0 Å². The lowest BCUT2D eigenvalue weighted by atomic mass is 10.0. The molecule has 0 saturated carbocycles. The Morgan fingerprint density at radius 1 is 1.21 bits per heavy atom. The average molecular weight is 268 g/mol. The molecule has 0 aliphatic heterocycles. The van der Waals surface area contributed by atoms with Gasteiger partial charge < -0.3 is 0 Å². The van der Waals surface area contributed by atoms with Crippen molar-refractivity contribution in [1.82, 2.24) is 4.98 Å². The van der Waals surface area contributed by atoms with E-state index in [0.717, 1.165) is 9.61 Å². The fourth-order valence-electron chi connectivity index (χ4n) is 1.52. The number of benzene rings is 1. The molecule has 0 spiro atoms. The highest BCUT2D eigenvalue weighted by Crippen LogP contribution is 2.30. The molecule has 0 fully saturated rings. The van der Waals surface area contributed by atoms with Gasteiger partial charge in [0.05, 0.1) is 0 Å². The molecule has 0 atom stereocenters. The lowest BCUT2D eigenvalue weighted by Gasteiger charge is -2.05. The van der Waals surface area contributed by atoms with Crippen LogP contribution in [-0.4, -0.2) is 4.98 Å². The van der Waals surface area contributed by atoms with Crippen molar-refractivity contribution < 1.29 is 0 Å². The predicted molar refractivity (Wildman–Crippen MR) is 64.7 cm³/mol. The van der Waals surface area contributed by atoms with Crippen molar-refractivity contribution in [3.05, 3.63) is 39.3 Å². The van der Waals surface area contributed by atoms with E-state index in [1.807, 2.05) is 5.38 Å². The summed E-state index contributed by atoms with van der Waals surface area (Å²) < 4.78 is 0.917. The molecular formula is C11H10BrNS. The van der Waals surface area contributed by atoms with Gasteiger partial charge in [0.2, 0.25) is 0 Å². The third-order valence-corrected chi connectivity index (χ3v) is 3.74. The zero-order chi connectivity index (χ0) is 10.1. The first-order valence-corrected chi connectivity index (χ1v) is 6.03. The number of aryl methyl sites for hydroxylation is 2. The van der Waals surface area contributed by atoms with Crippen molar-refractivity contribution in [2.24, 2.45) is 0 Å². The zero-order valence-corrected chi connectivity index (χ0v) is 10.4. The van der Waals surface area contributed by atoms with Crippen molar-refractivity contribution in [1.29, 1.82) is 0 Å². The summed E-state index contributed by atoms with van der Waals surface area (Å²) in [5.74, 6) is 0. The fraction of sp³-hybridized carbons (Fsp3) is 0.182. The molecule has 0 N–H and O–H groups in total. The number of hydrogen-bond donors (Lipinski definition) is 0. The van der Waals surface area contributed by atoms with E-state index in [4.69, 9.17) is 0 Å². The van der Waals surface area contributed by atoms with Crippen LogP contribution in [0, 0.1) is 13.8 Å². The lowest BCUT2D eigenvalue weighted by Crippen LogP contribution is -1.86. The average Bonchev–Trinajstić information content (AvgIpc) is 2.51. The van der Waals surface area contributed by atoms with E-state index in [-0.39, 0.29) is 0 Å². The van der Waals surface area contributed by atoms with Gasteiger partial charge >= 0.3 is 0 Å². The van der Waals surface area contributed by atoms with Gasteiger partial charge in [0, 0.05) is 10.9 Å². The van der Waals surface area contributed by atoms with Crippen molar-refractivity contribution in [2.75, 3.05) is 0 Å². The summed E-state index contributed by atoms with van der Waals surface area (Å²) in [7, 11) is 0. The molecule has 3 heteroatoms. The first kappa shape index (κ1) is 9.87. The molecule has 1 aromatic carbocycles. The number of nitrogens with zero attached hydrogens (tertiary/aromatic N) is 1. The smallest absolute Gasteiger partial charge is 0.125 e. The molecule has 1 aromatic heterocycles. The van der Waals surface area contributed by atoms with Crippen molar-refractivity contribution in [3.8, 4) is 10.6 Å². The predicted octanol–water partition coefficient (Wildman–Crippen LogP) is 4.19. The zero-order valence-electron chi connectivity index (χ0n) is 8.04. The van der Waals surface area contributed by atoms with Gasteiger partial charge in [-0.2, -0.15) is 0 Å². The summed E-state index contributed by atoms with van der Waals surface area (Å²) in [6.45, 7) is 4.25. The third-order valence-electron chi connectivity index (χ3n) is 2.17. The third kappa shape index (κ3) is 1.74. The van der Waals surface area contributed by atoms with Crippen LogP contribution in [0.3, 0.4) is 0 Å². The summed E-state index contributed by atoms with van der Waals surface area (Å²) >= 11 is 5.05. The summed E-state index contributed by atoms with van der Waals surface area (Å²) in [5.41, 5.74) is 3.84. The summed E-state index contributed by atoms with van der Waals surface area (Å²) in [4.78, 5) is 4.44. The molecule has 0 saturated heterocycles. The molecule has 0 radical (unpaired) electrons. The van der Waals surface area contributed by atoms with E-state index >= 15 is 0 Å². The number of hydrogen-bond acceptors (Lipinski definition) is 2. The summed E-state index contributed by atoms with van der Waals surface area (Å²) in [5, 5.41) is 3.11. The van der Waals surface area contributed by atoms with Crippen LogP contribution in [0.4, 0.5) is 0 Å². The van der Waals surface area contributed by atoms with Gasteiger partial charge in [0.25, 0.3) is 0 Å². The Morgan fingerprint density at radius 3 is 2.36 bits per heavy atom. The largest absolute Gasteiger partial charge is 0.229 e. The highest BCUT2D eigenvalue weighted by atomic mass is 79.9. The Bertz CT molecular complexity index is 442. The quantitative estimate of drug-likeness (QED) is 0.755. The van der Waals surface area contributed by atoms with Crippen molar-refractivity contribution >= 4 is 27.3 Å². The second kappa shape index (κ2) is 3.83. The van der Waals surface area contributed by atoms with Crippen LogP contribution in [0.15, 0.2) is 28.2 Å². The van der Waals surface area contributed by atoms with E-state index in [1.54, 1.807) is 11.3 Å². The highest BCUT2D eigenvalue weighted by molar-refractivity contribution is 9.10. The van der Waals surface area contributed by atoms with Gasteiger partial charge in [-0.05, 0) is 40.9 Å². The van der Waals surface area contributed by atoms with E-state index < -0.39 is 0 Å². The topological polar surface area (TPSA) is 12.9 Å². The lowest BCUT2D eigenvalue weighted by molar-refractivity contribution is 1.31. The first-order valence-electron chi connectivity index (χ1n) is 4.36. The second-order valence-electron chi connectivity index (χ2n) is 3.24. The monoisotopic (exact) mass is 267 g/mol. The number of aromatic nitrogens is 1. The van der Waals surface area contributed by atoms with Crippen LogP contribution in [0.5, 0.6) is 0 Å². The molecule has 0 aliphatic rings. The molecule has 0 bridgehead atoms. The molecule has 0 unspecified atom stereocenters. The van der Waals surface area contributed by atoms with Crippen LogP contribution in [-0.2, 0) is 0 Å². The highest BCUT2D eigenvalue weighted by Gasteiger charge is 2.08. The van der Waals surface area contributed by atoms with E-state index in [1.165, 1.54) is 16.7 Å². The Labute approximate surface area is 95.9 Å². The summed E-state index contributed by atoms with van der Waals surface area (Å²) in [6, 6.07) is 6.33. The van der Waals surface area contributed by atoms with E-state index in [2.05, 4.69) is 53.0 Å². The Kier molecular flexibility index (Phi) is 2.70. The maximum Gasteiger partial charge on any atom is 0.125 e. The van der Waals surface area contributed by atoms with E-state index in [9.17, 15) is 0 Å². The minimum Gasteiger partial charge on any atom is -0.229 e. The van der Waals surface area contributed by atoms with Crippen LogP contribution in [0.25, 0.3) is 10.6 Å². The van der Waals surface area contributed by atoms with Crippen LogP contribution >= 0.6 is 27.3 Å². The molecule has 2 rings (SSSR count). The fourth-order valence-corrected chi connectivity index (χ4v) is 2.95. The van der Waals surface area contributed by atoms with Gasteiger partial charge in [-0.3, -0.25) is 0 Å². The van der Waals surface area contributed by atoms with Gasteiger partial charge in [0.1, 0.15) is 9.61 Å². The molecular weight excluding hydrogens is 258 g/mol. The SMILES string of the molecule is Cc1cccc(C)c1-c1nc(Br)cs1. The standard InChI is InChI=1S/C11H10BrNS/c1-7-4-3-5-8(2)10(7)11-13-9(12)6-14-11/h3-6H,1-2H3. The minimum atomic E-state index is 0.917. The second-order valence-corrected chi connectivity index (χ2v) is 4.91. The Balaban J connectivity index is 2.61. The van der Waals surface area contributed by atoms with Crippen LogP contribution in [0.2, 0.25) is 0 Å². The maximum absolute atomic E-state index is 4.44. The van der Waals surface area contributed by atoms with Gasteiger partial charge in [-0.25, -0.2) is 4.98 Å². The Hall–Kier alpha value is -0.670. The molecule has 0 aliphatic carbocycles. The van der Waals surface area contributed by atoms with Crippen molar-refractivity contribution in [2.45, 2.75) is 13.8 Å². The van der Waals surface area contributed by atoms with E-state index in [0.29, 0.717) is 0 Å². The van der Waals surface area contributed by atoms with Gasteiger partial charge in [0.15, 0.2) is 0 Å². The summed E-state index contributed by atoms with van der Waals surface area (Å²) in [6.07, 6.45) is 0. The van der Waals surface area contributed by atoms with Gasteiger partial charge in [-0.15, -0.1) is 11.3 Å². The molecule has 1 nitrogen and oxygen atoms in total. The molecule has 72 valence electrons. The first-order chi connectivity index (χ1) is 6.68. The Morgan fingerprint density at radius 2 is 1.86 bits per heavy atom. The molecule has 14 heavy (non-hydrogen) atoms. The maximum atomic E-state index is 4.44. The number of thiazole rings is 1. The molecule has 0 amide bonds. The normalized spacial score (nSPS) is 10.5. The van der Waals surface area contributed by atoms with Gasteiger partial charge in [-0.1, -0.05) is 18.2 Å². The number of halogens is 1. The molecule has 1 heterocycles.